The van der Waals surface area contributed by atoms with Crippen LogP contribution in [0.5, 0.6) is 0 Å². The van der Waals surface area contributed by atoms with Crippen LogP contribution in [0.4, 0.5) is 15.8 Å². The summed E-state index contributed by atoms with van der Waals surface area (Å²) in [6, 6.07) is 8.73. The van der Waals surface area contributed by atoms with E-state index in [0.717, 1.165) is 30.9 Å². The zero-order valence-electron chi connectivity index (χ0n) is 15.5. The van der Waals surface area contributed by atoms with Gasteiger partial charge in [0.25, 0.3) is 5.91 Å². The normalized spacial score (nSPS) is 12.4. The van der Waals surface area contributed by atoms with Gasteiger partial charge in [-0.05, 0) is 43.4 Å². The lowest BCUT2D eigenvalue weighted by Gasteiger charge is -2.20. The van der Waals surface area contributed by atoms with Crippen LogP contribution in [0.15, 0.2) is 36.5 Å². The first-order chi connectivity index (χ1) is 13.1. The lowest BCUT2D eigenvalue weighted by atomic mass is 9.96. The fourth-order valence-electron chi connectivity index (χ4n) is 3.79. The van der Waals surface area contributed by atoms with Gasteiger partial charge in [-0.3, -0.25) is 4.79 Å². The SMILES string of the molecule is C.CCN(CC)CCNc1cc(-c2ccc[nH]2)c2c3c(ccc(F)c13)NC2=O. The minimum absolute atomic E-state index is 0. The van der Waals surface area contributed by atoms with Gasteiger partial charge in [0.05, 0.1) is 5.56 Å². The number of aromatic nitrogens is 1. The van der Waals surface area contributed by atoms with Crippen molar-refractivity contribution in [3.8, 4) is 11.3 Å². The largest absolute Gasteiger partial charge is 0.383 e. The number of hydrogen-bond acceptors (Lipinski definition) is 3. The highest BCUT2D eigenvalue weighted by atomic mass is 19.1. The molecular formula is C22H27FN4O. The molecule has 1 aliphatic rings. The van der Waals surface area contributed by atoms with Crippen LogP contribution in [0.2, 0.25) is 0 Å². The predicted octanol–water partition coefficient (Wildman–Crippen LogP) is 4.93. The maximum atomic E-state index is 14.8. The number of H-pyrrole nitrogens is 1. The van der Waals surface area contributed by atoms with E-state index in [-0.39, 0.29) is 19.2 Å². The second kappa shape index (κ2) is 8.02. The van der Waals surface area contributed by atoms with E-state index in [4.69, 9.17) is 0 Å². The zero-order valence-corrected chi connectivity index (χ0v) is 15.5. The molecule has 3 aromatic rings. The first-order valence-electron chi connectivity index (χ1n) is 9.34. The van der Waals surface area contributed by atoms with Crippen LogP contribution in [0.1, 0.15) is 31.6 Å². The molecule has 2 heterocycles. The highest BCUT2D eigenvalue weighted by Crippen LogP contribution is 2.43. The molecule has 6 heteroatoms. The molecule has 28 heavy (non-hydrogen) atoms. The molecular weight excluding hydrogens is 355 g/mol. The summed E-state index contributed by atoms with van der Waals surface area (Å²) in [4.78, 5) is 18.1. The number of likely N-dealkylation sites (N-methyl/N-ethyl adjacent to an activating group) is 1. The van der Waals surface area contributed by atoms with Crippen molar-refractivity contribution in [2.75, 3.05) is 36.8 Å². The fourth-order valence-corrected chi connectivity index (χ4v) is 3.79. The van der Waals surface area contributed by atoms with E-state index >= 15 is 0 Å². The number of carbonyl (C=O) groups is 1. The van der Waals surface area contributed by atoms with E-state index in [1.807, 2.05) is 24.4 Å². The Morgan fingerprint density at radius 3 is 2.61 bits per heavy atom. The van der Waals surface area contributed by atoms with Crippen molar-refractivity contribution in [3.63, 3.8) is 0 Å². The summed E-state index contributed by atoms with van der Waals surface area (Å²) in [6.45, 7) is 7.77. The Bertz CT molecular complexity index is 994. The molecule has 0 unspecified atom stereocenters. The van der Waals surface area contributed by atoms with E-state index in [9.17, 15) is 9.18 Å². The maximum Gasteiger partial charge on any atom is 0.257 e. The number of halogens is 1. The van der Waals surface area contributed by atoms with Crippen LogP contribution in [0.3, 0.4) is 0 Å². The molecule has 0 atom stereocenters. The van der Waals surface area contributed by atoms with Gasteiger partial charge in [-0.15, -0.1) is 0 Å². The summed E-state index contributed by atoms with van der Waals surface area (Å²) in [7, 11) is 0. The van der Waals surface area contributed by atoms with Crippen molar-refractivity contribution >= 4 is 28.1 Å². The molecule has 0 saturated carbocycles. The van der Waals surface area contributed by atoms with Gasteiger partial charge in [0.2, 0.25) is 0 Å². The third-order valence-electron chi connectivity index (χ3n) is 5.23. The van der Waals surface area contributed by atoms with E-state index in [1.165, 1.54) is 6.07 Å². The van der Waals surface area contributed by atoms with Crippen LogP contribution in [-0.2, 0) is 0 Å². The van der Waals surface area contributed by atoms with Gasteiger partial charge < -0.3 is 20.5 Å². The monoisotopic (exact) mass is 382 g/mol. The molecule has 0 saturated heterocycles. The van der Waals surface area contributed by atoms with Crippen LogP contribution in [-0.4, -0.2) is 42.0 Å². The van der Waals surface area contributed by atoms with Crippen LogP contribution >= 0.6 is 0 Å². The van der Waals surface area contributed by atoms with Crippen molar-refractivity contribution < 1.29 is 9.18 Å². The fraction of sp³-hybridized carbons (Fsp3) is 0.318. The average molecular weight is 382 g/mol. The molecule has 4 rings (SSSR count). The maximum absolute atomic E-state index is 14.8. The molecule has 3 N–H and O–H groups in total. The summed E-state index contributed by atoms with van der Waals surface area (Å²) in [6.07, 6.45) is 1.82. The van der Waals surface area contributed by atoms with Gasteiger partial charge in [-0.2, -0.15) is 0 Å². The Morgan fingerprint density at radius 1 is 1.14 bits per heavy atom. The third kappa shape index (κ3) is 3.24. The van der Waals surface area contributed by atoms with Crippen molar-refractivity contribution in [2.24, 2.45) is 0 Å². The van der Waals surface area contributed by atoms with Crippen LogP contribution < -0.4 is 10.6 Å². The predicted molar refractivity (Wildman–Crippen MR) is 115 cm³/mol. The first-order valence-corrected chi connectivity index (χ1v) is 9.34. The van der Waals surface area contributed by atoms with E-state index in [0.29, 0.717) is 34.3 Å². The van der Waals surface area contributed by atoms with Crippen molar-refractivity contribution in [1.82, 2.24) is 9.88 Å². The molecule has 0 aliphatic carbocycles. The number of anilines is 2. The number of nitrogens with zero attached hydrogens (tertiary/aromatic N) is 1. The van der Waals surface area contributed by atoms with Crippen molar-refractivity contribution in [1.29, 1.82) is 0 Å². The Kier molecular flexibility index (Phi) is 5.70. The smallest absolute Gasteiger partial charge is 0.257 e. The number of nitrogens with one attached hydrogen (secondary N) is 3. The molecule has 0 radical (unpaired) electrons. The molecule has 5 nitrogen and oxygen atoms in total. The number of aromatic amines is 1. The van der Waals surface area contributed by atoms with E-state index in [2.05, 4.69) is 34.4 Å². The quantitative estimate of drug-likeness (QED) is 0.543. The van der Waals surface area contributed by atoms with E-state index < -0.39 is 0 Å². The molecule has 1 amide bonds. The zero-order chi connectivity index (χ0) is 19.0. The van der Waals surface area contributed by atoms with E-state index in [1.54, 1.807) is 6.07 Å². The minimum atomic E-state index is -0.324. The van der Waals surface area contributed by atoms with Crippen LogP contribution in [0, 0.1) is 5.82 Å². The highest BCUT2D eigenvalue weighted by Gasteiger charge is 2.29. The molecule has 1 aliphatic heterocycles. The number of hydrogen-bond donors (Lipinski definition) is 3. The van der Waals surface area contributed by atoms with Crippen molar-refractivity contribution in [3.05, 3.63) is 47.9 Å². The number of rotatable bonds is 7. The second-order valence-electron chi connectivity index (χ2n) is 6.68. The van der Waals surface area contributed by atoms with Crippen LogP contribution in [0.25, 0.3) is 22.0 Å². The molecule has 148 valence electrons. The molecule has 0 bridgehead atoms. The number of amides is 1. The average Bonchev–Trinajstić information content (AvgIpc) is 3.31. The third-order valence-corrected chi connectivity index (χ3v) is 5.23. The number of carbonyl (C=O) groups excluding carboxylic acids is 1. The molecule has 1 aromatic heterocycles. The number of benzene rings is 2. The minimum Gasteiger partial charge on any atom is -0.383 e. The summed E-state index contributed by atoms with van der Waals surface area (Å²) in [5.74, 6) is -0.519. The highest BCUT2D eigenvalue weighted by molar-refractivity contribution is 6.28. The molecule has 2 aromatic carbocycles. The Hall–Kier alpha value is -2.86. The first kappa shape index (κ1) is 19.9. The lowest BCUT2D eigenvalue weighted by molar-refractivity contribution is 0.103. The summed E-state index contributed by atoms with van der Waals surface area (Å²) in [5.41, 5.74) is 3.51. The van der Waals surface area contributed by atoms with Gasteiger partial charge in [-0.1, -0.05) is 21.3 Å². The van der Waals surface area contributed by atoms with Gasteiger partial charge in [0, 0.05) is 52.7 Å². The summed E-state index contributed by atoms with van der Waals surface area (Å²) in [5, 5.41) is 7.38. The lowest BCUT2D eigenvalue weighted by Crippen LogP contribution is -2.28. The molecule has 0 spiro atoms. The summed E-state index contributed by atoms with van der Waals surface area (Å²) >= 11 is 0. The van der Waals surface area contributed by atoms with Gasteiger partial charge in [-0.25, -0.2) is 4.39 Å². The second-order valence-corrected chi connectivity index (χ2v) is 6.68. The topological polar surface area (TPSA) is 60.2 Å². The standard InChI is InChI=1S/C21H23FN4O.CH4/c1-3-26(4-2)11-10-24-17-12-13(15-6-5-9-23-15)18-20-16(25-21(18)27)8-7-14(22)19(17)20;/h5-9,12,23-24H,3-4,10-11H2,1-2H3,(H,25,27);1H4. The Balaban J connectivity index is 0.00000225. The molecule has 0 fully saturated rings. The van der Waals surface area contributed by atoms with Gasteiger partial charge in [0.15, 0.2) is 0 Å². The van der Waals surface area contributed by atoms with Crippen molar-refractivity contribution in [2.45, 2.75) is 21.3 Å². The van der Waals surface area contributed by atoms with Gasteiger partial charge >= 0.3 is 0 Å². The van der Waals surface area contributed by atoms with Gasteiger partial charge in [0.1, 0.15) is 5.82 Å². The summed E-state index contributed by atoms with van der Waals surface area (Å²) < 4.78 is 14.8. The Labute approximate surface area is 164 Å². The Morgan fingerprint density at radius 2 is 1.93 bits per heavy atom.